The van der Waals surface area contributed by atoms with Gasteiger partial charge in [-0.05, 0) is 30.7 Å². The van der Waals surface area contributed by atoms with Gasteiger partial charge in [0, 0.05) is 18.5 Å². The summed E-state index contributed by atoms with van der Waals surface area (Å²) in [5.41, 5.74) is 2.72. The second-order valence-corrected chi connectivity index (χ2v) is 8.66. The average molecular weight is 396 g/mol. The first-order valence-electron chi connectivity index (χ1n) is 8.56. The van der Waals surface area contributed by atoms with E-state index in [4.69, 9.17) is 0 Å². The summed E-state index contributed by atoms with van der Waals surface area (Å²) in [5, 5.41) is 4.07. The van der Waals surface area contributed by atoms with Crippen LogP contribution in [0.1, 0.15) is 17.0 Å². The zero-order chi connectivity index (χ0) is 18.8. The summed E-state index contributed by atoms with van der Waals surface area (Å²) in [6, 6.07) is 15.5. The molecule has 1 aliphatic heterocycles. The predicted molar refractivity (Wildman–Crippen MR) is 112 cm³/mol. The molecule has 5 nitrogen and oxygen atoms in total. The van der Waals surface area contributed by atoms with Gasteiger partial charge in [-0.3, -0.25) is 9.59 Å². The Kier molecular flexibility index (Phi) is 5.05. The minimum absolute atomic E-state index is 0.116. The number of carbonyl (C=O) groups excluding carboxylic acids is 2. The van der Waals surface area contributed by atoms with Crippen molar-refractivity contribution in [2.45, 2.75) is 25.0 Å². The van der Waals surface area contributed by atoms with Crippen LogP contribution in [0.25, 0.3) is 10.2 Å². The van der Waals surface area contributed by atoms with Crippen LogP contribution in [0.3, 0.4) is 0 Å². The number of benzene rings is 2. The molecule has 1 atom stereocenters. The van der Waals surface area contributed by atoms with Gasteiger partial charge in [0.25, 0.3) is 5.91 Å². The number of anilines is 1. The van der Waals surface area contributed by atoms with Crippen LogP contribution in [0.5, 0.6) is 0 Å². The molecule has 1 aromatic heterocycles. The molecule has 7 heteroatoms. The van der Waals surface area contributed by atoms with Crippen LogP contribution >= 0.6 is 23.1 Å². The molecule has 2 heterocycles. The van der Waals surface area contributed by atoms with E-state index in [-0.39, 0.29) is 18.2 Å². The summed E-state index contributed by atoms with van der Waals surface area (Å²) in [4.78, 5) is 33.2. The highest BCUT2D eigenvalue weighted by molar-refractivity contribution is 8.15. The van der Waals surface area contributed by atoms with Gasteiger partial charge in [-0.25, -0.2) is 9.98 Å². The van der Waals surface area contributed by atoms with Gasteiger partial charge in [0.1, 0.15) is 10.3 Å². The van der Waals surface area contributed by atoms with Crippen molar-refractivity contribution in [1.29, 1.82) is 0 Å². The summed E-state index contributed by atoms with van der Waals surface area (Å²) < 4.78 is 1.12. The minimum Gasteiger partial charge on any atom is -0.326 e. The van der Waals surface area contributed by atoms with E-state index in [1.807, 2.05) is 55.5 Å². The predicted octanol–water partition coefficient (Wildman–Crippen LogP) is 4.22. The normalized spacial score (nSPS) is 16.6. The highest BCUT2D eigenvalue weighted by atomic mass is 32.2. The molecule has 4 rings (SSSR count). The number of para-hydroxylation sites is 2. The fraction of sp³-hybridized carbons (Fsp3) is 0.200. The van der Waals surface area contributed by atoms with Crippen molar-refractivity contribution in [1.82, 2.24) is 4.98 Å². The fourth-order valence-corrected chi connectivity index (χ4v) is 5.00. The van der Waals surface area contributed by atoms with Crippen molar-refractivity contribution >= 4 is 55.9 Å². The molecule has 2 amide bonds. The third-order valence-corrected chi connectivity index (χ3v) is 6.42. The van der Waals surface area contributed by atoms with E-state index in [0.29, 0.717) is 6.42 Å². The minimum atomic E-state index is -0.460. The number of aryl methyl sites for hydroxylation is 1. The molecule has 0 saturated heterocycles. The maximum atomic E-state index is 12.3. The Labute approximate surface area is 164 Å². The van der Waals surface area contributed by atoms with E-state index in [0.717, 1.165) is 31.5 Å². The molecular formula is C20H17N3O2S2. The maximum Gasteiger partial charge on any atom is 0.260 e. The van der Waals surface area contributed by atoms with E-state index in [1.54, 1.807) is 11.3 Å². The zero-order valence-electron chi connectivity index (χ0n) is 14.6. The van der Waals surface area contributed by atoms with Crippen molar-refractivity contribution in [2.75, 3.05) is 5.32 Å². The van der Waals surface area contributed by atoms with Gasteiger partial charge in [-0.1, -0.05) is 42.1 Å². The van der Waals surface area contributed by atoms with Crippen LogP contribution in [0, 0.1) is 6.92 Å². The van der Waals surface area contributed by atoms with E-state index in [1.165, 1.54) is 11.8 Å². The lowest BCUT2D eigenvalue weighted by Gasteiger charge is -2.10. The van der Waals surface area contributed by atoms with Gasteiger partial charge >= 0.3 is 0 Å². The van der Waals surface area contributed by atoms with E-state index < -0.39 is 5.25 Å². The van der Waals surface area contributed by atoms with Gasteiger partial charge in [-0.2, -0.15) is 0 Å². The van der Waals surface area contributed by atoms with Crippen molar-refractivity contribution in [3.05, 3.63) is 59.1 Å². The van der Waals surface area contributed by atoms with Crippen LogP contribution in [0.2, 0.25) is 0 Å². The fourth-order valence-electron chi connectivity index (χ4n) is 2.85. The quantitative estimate of drug-likeness (QED) is 0.702. The molecule has 3 aromatic rings. The lowest BCUT2D eigenvalue weighted by atomic mass is 10.2. The molecule has 1 aliphatic rings. The summed E-state index contributed by atoms with van der Waals surface area (Å²) in [6.07, 6.45) is 0.649. The van der Waals surface area contributed by atoms with Crippen molar-refractivity contribution in [3.63, 3.8) is 0 Å². The number of aliphatic imine (C=N–C) groups is 1. The number of amides is 2. The molecule has 0 fully saturated rings. The molecule has 2 aromatic carbocycles. The number of carbonyl (C=O) groups is 2. The number of aromatic nitrogens is 1. The van der Waals surface area contributed by atoms with Crippen molar-refractivity contribution < 1.29 is 9.59 Å². The summed E-state index contributed by atoms with van der Waals surface area (Å²) in [7, 11) is 0. The molecule has 0 unspecified atom stereocenters. The molecule has 0 radical (unpaired) electrons. The molecule has 0 spiro atoms. The lowest BCUT2D eigenvalue weighted by molar-refractivity contribution is -0.121. The van der Waals surface area contributed by atoms with Crippen molar-refractivity contribution in [2.24, 2.45) is 4.99 Å². The first kappa shape index (κ1) is 17.9. The highest BCUT2D eigenvalue weighted by Crippen LogP contribution is 2.30. The SMILES string of the molecule is Cc1ccccc1NC(=O)C[C@@H]1SC(Cc2nc3ccccc3s2)=NC1=O. The second-order valence-electron chi connectivity index (χ2n) is 6.27. The molecule has 0 bridgehead atoms. The lowest BCUT2D eigenvalue weighted by Crippen LogP contribution is -2.21. The van der Waals surface area contributed by atoms with Crippen LogP contribution in [-0.4, -0.2) is 27.1 Å². The number of fused-ring (bicyclic) bond motifs is 1. The Morgan fingerprint density at radius 1 is 1.15 bits per heavy atom. The van der Waals surface area contributed by atoms with Gasteiger partial charge in [0.2, 0.25) is 5.91 Å². The molecule has 27 heavy (non-hydrogen) atoms. The molecule has 1 N–H and O–H groups in total. The summed E-state index contributed by atoms with van der Waals surface area (Å²) in [6.45, 7) is 1.93. The molecule has 0 aliphatic carbocycles. The van der Waals surface area contributed by atoms with E-state index in [2.05, 4.69) is 15.3 Å². The molecule has 136 valence electrons. The summed E-state index contributed by atoms with van der Waals surface area (Å²) >= 11 is 2.98. The Bertz CT molecular complexity index is 1030. The number of thiazole rings is 1. The largest absolute Gasteiger partial charge is 0.326 e. The van der Waals surface area contributed by atoms with Crippen LogP contribution in [0.4, 0.5) is 5.69 Å². The third-order valence-electron chi connectivity index (χ3n) is 4.22. The Balaban J connectivity index is 1.37. The van der Waals surface area contributed by atoms with Crippen molar-refractivity contribution in [3.8, 4) is 0 Å². The van der Waals surface area contributed by atoms with Gasteiger partial charge < -0.3 is 5.32 Å². The number of thioether (sulfide) groups is 1. The topological polar surface area (TPSA) is 71.4 Å². The standard InChI is InChI=1S/C20H17N3O2S2/c1-12-6-2-3-7-13(12)21-17(24)10-16-20(25)23-19(27-16)11-18-22-14-8-4-5-9-15(14)26-18/h2-9,16H,10-11H2,1H3,(H,21,24)/t16-/m0/s1. The average Bonchev–Trinajstić information content (AvgIpc) is 3.19. The van der Waals surface area contributed by atoms with Gasteiger partial charge in [-0.15, -0.1) is 11.3 Å². The third kappa shape index (κ3) is 4.09. The Morgan fingerprint density at radius 2 is 1.93 bits per heavy atom. The first-order valence-corrected chi connectivity index (χ1v) is 10.3. The second kappa shape index (κ2) is 7.62. The molecular weight excluding hydrogens is 378 g/mol. The summed E-state index contributed by atoms with van der Waals surface area (Å²) in [5.74, 6) is -0.414. The Morgan fingerprint density at radius 3 is 2.74 bits per heavy atom. The highest BCUT2D eigenvalue weighted by Gasteiger charge is 2.30. The monoisotopic (exact) mass is 395 g/mol. The zero-order valence-corrected chi connectivity index (χ0v) is 16.3. The Hall–Kier alpha value is -2.51. The number of hydrogen-bond donors (Lipinski definition) is 1. The van der Waals surface area contributed by atoms with Gasteiger partial charge in [0.05, 0.1) is 15.3 Å². The smallest absolute Gasteiger partial charge is 0.260 e. The van der Waals surface area contributed by atoms with Crippen LogP contribution in [0.15, 0.2) is 53.5 Å². The van der Waals surface area contributed by atoms with E-state index in [9.17, 15) is 9.59 Å². The van der Waals surface area contributed by atoms with Crippen LogP contribution < -0.4 is 5.32 Å². The molecule has 0 saturated carbocycles. The first-order chi connectivity index (χ1) is 13.1. The number of nitrogens with one attached hydrogen (secondary N) is 1. The van der Waals surface area contributed by atoms with E-state index >= 15 is 0 Å². The van der Waals surface area contributed by atoms with Crippen LogP contribution in [-0.2, 0) is 16.0 Å². The number of nitrogens with zero attached hydrogens (tertiary/aromatic N) is 2. The van der Waals surface area contributed by atoms with Gasteiger partial charge in [0.15, 0.2) is 0 Å². The number of rotatable bonds is 5. The number of hydrogen-bond acceptors (Lipinski definition) is 5. The maximum absolute atomic E-state index is 12.3.